The molecule has 8 nitrogen and oxygen atoms in total. The van der Waals surface area contributed by atoms with E-state index in [0.29, 0.717) is 29.1 Å². The third kappa shape index (κ3) is 3.87. The number of nitrogens with one attached hydrogen (secondary N) is 1. The van der Waals surface area contributed by atoms with Crippen LogP contribution in [0, 0.1) is 5.82 Å². The van der Waals surface area contributed by atoms with Gasteiger partial charge in [-0.2, -0.15) is 0 Å². The monoisotopic (exact) mass is 433 g/mol. The van der Waals surface area contributed by atoms with Crippen molar-refractivity contribution in [2.45, 2.75) is 38.3 Å². The minimum Gasteiger partial charge on any atom is -0.484 e. The highest BCUT2D eigenvalue weighted by Crippen LogP contribution is 2.42. The van der Waals surface area contributed by atoms with Crippen LogP contribution < -0.4 is 20.9 Å². The van der Waals surface area contributed by atoms with Crippen LogP contribution in [0.25, 0.3) is 5.57 Å². The molecule has 0 amide bonds. The zero-order chi connectivity index (χ0) is 22.3. The van der Waals surface area contributed by atoms with E-state index in [2.05, 4.69) is 36.8 Å². The van der Waals surface area contributed by atoms with Crippen molar-refractivity contribution in [3.05, 3.63) is 72.0 Å². The van der Waals surface area contributed by atoms with Gasteiger partial charge in [-0.05, 0) is 25.8 Å². The minimum absolute atomic E-state index is 0.181. The molecule has 2 aromatic heterocycles. The number of anilines is 2. The van der Waals surface area contributed by atoms with E-state index in [4.69, 9.17) is 10.6 Å². The highest BCUT2D eigenvalue weighted by Gasteiger charge is 2.40. The van der Waals surface area contributed by atoms with E-state index in [9.17, 15) is 4.39 Å². The number of nitrogen functional groups attached to an aromatic ring is 1. The Hall–Kier alpha value is -3.59. The van der Waals surface area contributed by atoms with Crippen LogP contribution in [0.1, 0.15) is 42.4 Å². The molecule has 164 valence electrons. The highest BCUT2D eigenvalue weighted by molar-refractivity contribution is 5.84. The van der Waals surface area contributed by atoms with E-state index >= 15 is 0 Å². The number of halogens is 1. The van der Waals surface area contributed by atoms with Crippen LogP contribution in [0.15, 0.2) is 43.5 Å². The fourth-order valence-corrected chi connectivity index (χ4v) is 3.80. The molecule has 0 atom stereocenters. The standard InChI is InChI=1S/C23H24FN7O/c1-14(15-9-21(32-23(2)4-5-23)16(24)10-19(15)30-25)18-11-22(29-13-28-18)31-8-3-17-20(12-31)27-7-6-26-17/h6-7,9-11,13,30H,1,3-5,8,12,25H2,2H3. The van der Waals surface area contributed by atoms with E-state index in [-0.39, 0.29) is 11.4 Å². The van der Waals surface area contributed by atoms with Crippen molar-refractivity contribution in [3.8, 4) is 5.75 Å². The second kappa shape index (κ2) is 7.83. The van der Waals surface area contributed by atoms with Gasteiger partial charge in [-0.3, -0.25) is 15.8 Å². The predicted octanol–water partition coefficient (Wildman–Crippen LogP) is 3.25. The fourth-order valence-electron chi connectivity index (χ4n) is 3.80. The molecule has 5 rings (SSSR count). The molecule has 1 fully saturated rings. The van der Waals surface area contributed by atoms with Crippen molar-refractivity contribution in [1.29, 1.82) is 0 Å². The summed E-state index contributed by atoms with van der Waals surface area (Å²) in [6.07, 6.45) is 7.52. The number of hydrazine groups is 1. The van der Waals surface area contributed by atoms with Crippen molar-refractivity contribution >= 4 is 17.1 Å². The summed E-state index contributed by atoms with van der Waals surface area (Å²) in [6.45, 7) is 7.57. The molecule has 0 bridgehead atoms. The molecule has 1 aromatic carbocycles. The zero-order valence-electron chi connectivity index (χ0n) is 17.8. The molecule has 2 aliphatic rings. The second-order valence-electron chi connectivity index (χ2n) is 8.39. The first-order valence-electron chi connectivity index (χ1n) is 10.5. The van der Waals surface area contributed by atoms with Gasteiger partial charge >= 0.3 is 0 Å². The number of hydrogen-bond donors (Lipinski definition) is 2. The summed E-state index contributed by atoms with van der Waals surface area (Å²) in [5.41, 5.74) is 6.44. The van der Waals surface area contributed by atoms with Crippen molar-refractivity contribution in [2.24, 2.45) is 5.84 Å². The number of benzene rings is 1. The van der Waals surface area contributed by atoms with E-state index in [1.807, 2.05) is 13.0 Å². The van der Waals surface area contributed by atoms with Gasteiger partial charge in [0.25, 0.3) is 0 Å². The van der Waals surface area contributed by atoms with Crippen LogP contribution >= 0.6 is 0 Å². The van der Waals surface area contributed by atoms with Gasteiger partial charge in [0.05, 0.1) is 29.3 Å². The van der Waals surface area contributed by atoms with Crippen molar-refractivity contribution in [2.75, 3.05) is 16.9 Å². The SMILES string of the molecule is C=C(c1cc(N2CCc3nccnc3C2)ncn1)c1cc(OC2(C)CC2)c(F)cc1NN. The average molecular weight is 433 g/mol. The molecule has 3 N–H and O–H groups in total. The Morgan fingerprint density at radius 1 is 1.16 bits per heavy atom. The van der Waals surface area contributed by atoms with Gasteiger partial charge in [-0.1, -0.05) is 6.58 Å². The lowest BCUT2D eigenvalue weighted by Crippen LogP contribution is -2.32. The summed E-state index contributed by atoms with van der Waals surface area (Å²) in [6, 6.07) is 4.82. The van der Waals surface area contributed by atoms with Crippen molar-refractivity contribution in [1.82, 2.24) is 19.9 Å². The third-order valence-corrected chi connectivity index (χ3v) is 5.97. The first kappa shape index (κ1) is 20.3. The van der Waals surface area contributed by atoms with Crippen LogP contribution in [0.5, 0.6) is 5.75 Å². The first-order chi connectivity index (χ1) is 15.5. The molecule has 1 aliphatic carbocycles. The van der Waals surface area contributed by atoms with E-state index in [0.717, 1.165) is 43.0 Å². The Bertz CT molecular complexity index is 1190. The summed E-state index contributed by atoms with van der Waals surface area (Å²) in [5.74, 6) is 6.14. The molecule has 0 spiro atoms. The van der Waals surface area contributed by atoms with E-state index in [1.165, 1.54) is 12.4 Å². The van der Waals surface area contributed by atoms with Crippen LogP contribution in [0.3, 0.4) is 0 Å². The average Bonchev–Trinajstić information content (AvgIpc) is 3.56. The Balaban J connectivity index is 1.44. The van der Waals surface area contributed by atoms with Gasteiger partial charge in [-0.25, -0.2) is 14.4 Å². The number of nitrogens with two attached hydrogens (primary N) is 1. The summed E-state index contributed by atoms with van der Waals surface area (Å²) in [7, 11) is 0. The maximum absolute atomic E-state index is 14.6. The van der Waals surface area contributed by atoms with Gasteiger partial charge in [0.2, 0.25) is 0 Å². The lowest BCUT2D eigenvalue weighted by Gasteiger charge is -2.28. The molecule has 3 aromatic rings. The second-order valence-corrected chi connectivity index (χ2v) is 8.39. The molecule has 1 aliphatic heterocycles. The van der Waals surface area contributed by atoms with Crippen molar-refractivity contribution < 1.29 is 9.13 Å². The number of aromatic nitrogens is 4. The van der Waals surface area contributed by atoms with Crippen LogP contribution in [0.2, 0.25) is 0 Å². The minimum atomic E-state index is -0.473. The fraction of sp³-hybridized carbons (Fsp3) is 0.304. The molecule has 32 heavy (non-hydrogen) atoms. The molecule has 9 heteroatoms. The largest absolute Gasteiger partial charge is 0.484 e. The molecular weight excluding hydrogens is 409 g/mol. The Morgan fingerprint density at radius 2 is 1.94 bits per heavy atom. The molecule has 0 radical (unpaired) electrons. The predicted molar refractivity (Wildman–Crippen MR) is 119 cm³/mol. The summed E-state index contributed by atoms with van der Waals surface area (Å²) >= 11 is 0. The smallest absolute Gasteiger partial charge is 0.167 e. The number of fused-ring (bicyclic) bond motifs is 1. The quantitative estimate of drug-likeness (QED) is 0.451. The zero-order valence-corrected chi connectivity index (χ0v) is 17.8. The van der Waals surface area contributed by atoms with Crippen LogP contribution in [0.4, 0.5) is 15.9 Å². The normalized spacial score (nSPS) is 16.3. The lowest BCUT2D eigenvalue weighted by atomic mass is 10.0. The molecule has 0 saturated heterocycles. The molecule has 3 heterocycles. The highest BCUT2D eigenvalue weighted by atomic mass is 19.1. The number of nitrogens with zero attached hydrogens (tertiary/aromatic N) is 5. The van der Waals surface area contributed by atoms with Crippen LogP contribution in [-0.4, -0.2) is 32.1 Å². The molecule has 1 saturated carbocycles. The first-order valence-corrected chi connectivity index (χ1v) is 10.5. The van der Waals surface area contributed by atoms with Gasteiger partial charge in [0.1, 0.15) is 17.7 Å². The maximum Gasteiger partial charge on any atom is 0.167 e. The van der Waals surface area contributed by atoms with Gasteiger partial charge < -0.3 is 15.1 Å². The Morgan fingerprint density at radius 3 is 2.69 bits per heavy atom. The summed E-state index contributed by atoms with van der Waals surface area (Å²) in [5, 5.41) is 0. The van der Waals surface area contributed by atoms with E-state index < -0.39 is 5.82 Å². The van der Waals surface area contributed by atoms with Crippen molar-refractivity contribution in [3.63, 3.8) is 0 Å². The topological polar surface area (TPSA) is 102 Å². The van der Waals surface area contributed by atoms with Gasteiger partial charge in [-0.15, -0.1) is 0 Å². The number of rotatable bonds is 6. The maximum atomic E-state index is 14.6. The summed E-state index contributed by atoms with van der Waals surface area (Å²) in [4.78, 5) is 19.8. The van der Waals surface area contributed by atoms with Gasteiger partial charge in [0, 0.05) is 48.6 Å². The van der Waals surface area contributed by atoms with Gasteiger partial charge in [0.15, 0.2) is 11.6 Å². The lowest BCUT2D eigenvalue weighted by molar-refractivity contribution is 0.191. The number of ether oxygens (including phenoxy) is 1. The third-order valence-electron chi connectivity index (χ3n) is 5.97. The molecular formula is C23H24FN7O. The Labute approximate surface area is 185 Å². The molecule has 0 unspecified atom stereocenters. The Kier molecular flexibility index (Phi) is 4.97. The summed E-state index contributed by atoms with van der Waals surface area (Å²) < 4.78 is 20.5. The number of hydrogen-bond acceptors (Lipinski definition) is 8. The van der Waals surface area contributed by atoms with Crippen LogP contribution in [-0.2, 0) is 13.0 Å². The van der Waals surface area contributed by atoms with E-state index in [1.54, 1.807) is 18.5 Å².